The quantitative estimate of drug-likeness (QED) is 0.293. The number of aliphatic hydroxyl groups excluding tert-OH is 3. The normalized spacial score (nSPS) is 24.2. The van der Waals surface area contributed by atoms with Crippen LogP contribution in [0.25, 0.3) is 0 Å². The zero-order valence-electron chi connectivity index (χ0n) is 21.2. The number of nitrogens with zero attached hydrogens (tertiary/aromatic N) is 1. The number of aliphatic hydroxyl groups is 3. The van der Waals surface area contributed by atoms with Crippen LogP contribution in [0, 0.1) is 9.49 Å². The van der Waals surface area contributed by atoms with E-state index in [9.17, 15) is 24.9 Å². The molecule has 0 bridgehead atoms. The number of halogens is 1. The number of ether oxygens (including phenoxy) is 2. The van der Waals surface area contributed by atoms with Gasteiger partial charge >= 0.3 is 0 Å². The van der Waals surface area contributed by atoms with E-state index in [1.165, 1.54) is 7.11 Å². The lowest BCUT2D eigenvalue weighted by atomic mass is 9.81. The van der Waals surface area contributed by atoms with Crippen molar-refractivity contribution in [3.05, 3.63) is 32.9 Å². The van der Waals surface area contributed by atoms with Crippen LogP contribution >= 0.6 is 22.6 Å². The lowest BCUT2D eigenvalue weighted by Crippen LogP contribution is -2.59. The van der Waals surface area contributed by atoms with Gasteiger partial charge in [-0.15, -0.1) is 0 Å². The van der Waals surface area contributed by atoms with Crippen molar-refractivity contribution < 1.29 is 34.4 Å². The van der Waals surface area contributed by atoms with Gasteiger partial charge in [-0.1, -0.05) is 19.3 Å². The first-order valence-corrected chi connectivity index (χ1v) is 14.2. The zero-order chi connectivity index (χ0) is 26.5. The predicted molar refractivity (Wildman–Crippen MR) is 145 cm³/mol. The number of methoxy groups -OCH3 is 1. The third-order valence-corrected chi connectivity index (χ3v) is 8.53. The number of carbonyl (C=O) groups excluding carboxylic acids is 2. The van der Waals surface area contributed by atoms with E-state index in [4.69, 9.17) is 9.47 Å². The predicted octanol–water partition coefficient (Wildman–Crippen LogP) is 2.28. The second-order valence-electron chi connectivity index (χ2n) is 10.1. The van der Waals surface area contributed by atoms with Crippen LogP contribution in [0.3, 0.4) is 0 Å². The molecule has 3 atom stereocenters. The lowest BCUT2D eigenvalue weighted by Gasteiger charge is -2.45. The first-order valence-electron chi connectivity index (χ1n) is 13.1. The molecule has 2 saturated carbocycles. The Balaban J connectivity index is 1.69. The first kappa shape index (κ1) is 28.1. The van der Waals surface area contributed by atoms with Gasteiger partial charge in [0, 0.05) is 30.5 Å². The molecule has 0 aromatic heterocycles. The first-order chi connectivity index (χ1) is 17.9. The van der Waals surface area contributed by atoms with Gasteiger partial charge in [-0.25, -0.2) is 0 Å². The van der Waals surface area contributed by atoms with Gasteiger partial charge in [-0.3, -0.25) is 9.59 Å². The molecule has 0 radical (unpaired) electrons. The van der Waals surface area contributed by atoms with Gasteiger partial charge in [-0.05, 0) is 72.0 Å². The summed E-state index contributed by atoms with van der Waals surface area (Å²) in [5, 5.41) is 33.1. The van der Waals surface area contributed by atoms with Crippen molar-refractivity contribution >= 4 is 34.4 Å². The number of hydrogen-bond donors (Lipinski definition) is 4. The lowest BCUT2D eigenvalue weighted by molar-refractivity contribution is -0.149. The summed E-state index contributed by atoms with van der Waals surface area (Å²) in [7, 11) is 1.50. The van der Waals surface area contributed by atoms with Crippen LogP contribution in [0.15, 0.2) is 23.8 Å². The molecule has 9 nitrogen and oxygen atoms in total. The smallest absolute Gasteiger partial charge is 0.247 e. The fraction of sp³-hybridized carbons (Fsp3) is 0.630. The van der Waals surface area contributed by atoms with E-state index in [0.717, 1.165) is 44.9 Å². The molecule has 1 aromatic rings. The number of carbonyl (C=O) groups is 2. The molecule has 3 aliphatic carbocycles. The molecule has 1 aromatic carbocycles. The number of rotatable bonds is 10. The minimum Gasteiger partial charge on any atom is -0.493 e. The summed E-state index contributed by atoms with van der Waals surface area (Å²) in [5.41, 5.74) is 1.08. The summed E-state index contributed by atoms with van der Waals surface area (Å²) in [6, 6.07) is 2.87. The van der Waals surface area contributed by atoms with Crippen LogP contribution in [-0.4, -0.2) is 76.6 Å². The average molecular weight is 629 g/mol. The fourth-order valence-electron chi connectivity index (χ4n) is 5.53. The molecule has 0 saturated heterocycles. The molecule has 2 amide bonds. The highest BCUT2D eigenvalue weighted by molar-refractivity contribution is 14.1. The molecule has 3 unspecified atom stereocenters. The van der Waals surface area contributed by atoms with Crippen molar-refractivity contribution in [2.24, 2.45) is 5.92 Å². The Morgan fingerprint density at radius 1 is 1.14 bits per heavy atom. The van der Waals surface area contributed by atoms with Gasteiger partial charge in [0.15, 0.2) is 11.5 Å². The maximum atomic E-state index is 13.7. The molecule has 3 aliphatic rings. The highest BCUT2D eigenvalue weighted by Gasteiger charge is 2.45. The SMILES string of the molecule is COc1cc(CO)cc(I)c1OC1C=C(C(=O)NCCO)CC(N(C(=O)C2CCC2)C2CCCC2)C1O. The molecule has 2 fully saturated rings. The summed E-state index contributed by atoms with van der Waals surface area (Å²) >= 11 is 2.09. The standard InChI is InChI=1S/C27H37IN2O7/c1-36-23-12-16(15-32)11-20(28)25(23)37-22-14-18(26(34)29-9-10-31)13-21(24(22)33)30(19-7-2-3-8-19)27(35)17-5-4-6-17/h11-12,14,17,19,21-22,24,31-33H,2-10,13,15H2,1H3,(H,29,34). The van der Waals surface area contributed by atoms with Gasteiger partial charge in [0.25, 0.3) is 0 Å². The van der Waals surface area contributed by atoms with Crippen molar-refractivity contribution in [3.63, 3.8) is 0 Å². The molecule has 204 valence electrons. The van der Waals surface area contributed by atoms with Gasteiger partial charge < -0.3 is 35.0 Å². The molecule has 0 spiro atoms. The number of amides is 2. The third kappa shape index (κ3) is 6.23. The number of nitrogens with one attached hydrogen (secondary N) is 1. The second-order valence-corrected chi connectivity index (χ2v) is 11.3. The Morgan fingerprint density at radius 2 is 1.86 bits per heavy atom. The molecule has 0 heterocycles. The van der Waals surface area contributed by atoms with Crippen LogP contribution in [-0.2, 0) is 16.2 Å². The molecule has 4 N–H and O–H groups in total. The number of benzene rings is 1. The molecular weight excluding hydrogens is 591 g/mol. The molecule has 37 heavy (non-hydrogen) atoms. The Bertz CT molecular complexity index is 1010. The van der Waals surface area contributed by atoms with Gasteiger partial charge in [0.05, 0.1) is 29.9 Å². The summed E-state index contributed by atoms with van der Waals surface area (Å²) in [6.07, 6.45) is 6.45. The van der Waals surface area contributed by atoms with Crippen molar-refractivity contribution in [3.8, 4) is 11.5 Å². The van der Waals surface area contributed by atoms with E-state index in [1.807, 2.05) is 4.90 Å². The largest absolute Gasteiger partial charge is 0.493 e. The summed E-state index contributed by atoms with van der Waals surface area (Å²) in [5.74, 6) is 0.491. The molecular formula is C27H37IN2O7. The second kappa shape index (κ2) is 12.8. The fourth-order valence-corrected chi connectivity index (χ4v) is 6.32. The van der Waals surface area contributed by atoms with E-state index in [2.05, 4.69) is 27.9 Å². The summed E-state index contributed by atoms with van der Waals surface area (Å²) in [4.78, 5) is 28.6. The van der Waals surface area contributed by atoms with E-state index >= 15 is 0 Å². The van der Waals surface area contributed by atoms with Crippen molar-refractivity contribution in [2.75, 3.05) is 20.3 Å². The molecule has 0 aliphatic heterocycles. The maximum absolute atomic E-state index is 13.7. The Kier molecular flexibility index (Phi) is 9.71. The summed E-state index contributed by atoms with van der Waals surface area (Å²) in [6.45, 7) is -0.238. The topological polar surface area (TPSA) is 129 Å². The minimum absolute atomic E-state index is 0.0307. The number of hydrogen-bond acceptors (Lipinski definition) is 7. The van der Waals surface area contributed by atoms with Crippen molar-refractivity contribution in [2.45, 2.75) is 82.3 Å². The maximum Gasteiger partial charge on any atom is 0.247 e. The summed E-state index contributed by atoms with van der Waals surface area (Å²) < 4.78 is 12.5. The van der Waals surface area contributed by atoms with E-state index < -0.39 is 18.2 Å². The van der Waals surface area contributed by atoms with Crippen molar-refractivity contribution in [1.29, 1.82) is 0 Å². The molecule has 4 rings (SSSR count). The van der Waals surface area contributed by atoms with Crippen molar-refractivity contribution in [1.82, 2.24) is 10.2 Å². The van der Waals surface area contributed by atoms with E-state index in [0.29, 0.717) is 26.2 Å². The minimum atomic E-state index is -1.06. The molecule has 10 heteroatoms. The van der Waals surface area contributed by atoms with Crippen LogP contribution in [0.1, 0.15) is 56.9 Å². The van der Waals surface area contributed by atoms with Gasteiger partial charge in [0.1, 0.15) is 12.2 Å². The van der Waals surface area contributed by atoms with Gasteiger partial charge in [0.2, 0.25) is 11.8 Å². The van der Waals surface area contributed by atoms with Crippen LogP contribution in [0.2, 0.25) is 0 Å². The van der Waals surface area contributed by atoms with Gasteiger partial charge in [-0.2, -0.15) is 0 Å². The Morgan fingerprint density at radius 3 is 2.46 bits per heavy atom. The van der Waals surface area contributed by atoms with Crippen LogP contribution in [0.5, 0.6) is 11.5 Å². The third-order valence-electron chi connectivity index (χ3n) is 7.72. The van der Waals surface area contributed by atoms with Crippen LogP contribution in [0.4, 0.5) is 0 Å². The highest BCUT2D eigenvalue weighted by Crippen LogP contribution is 2.40. The van der Waals surface area contributed by atoms with E-state index in [-0.39, 0.29) is 50.0 Å². The Hall–Kier alpha value is -1.89. The Labute approximate surface area is 231 Å². The highest BCUT2D eigenvalue weighted by atomic mass is 127. The zero-order valence-corrected chi connectivity index (χ0v) is 23.4. The van der Waals surface area contributed by atoms with Crippen LogP contribution < -0.4 is 14.8 Å². The average Bonchev–Trinajstić information content (AvgIpc) is 3.38. The monoisotopic (exact) mass is 628 g/mol. The van der Waals surface area contributed by atoms with E-state index in [1.54, 1.807) is 18.2 Å².